The topological polar surface area (TPSA) is 79.9 Å². The molecule has 142 valence electrons. The minimum atomic E-state index is -0.336. The summed E-state index contributed by atoms with van der Waals surface area (Å²) in [4.78, 5) is 27.0. The van der Waals surface area contributed by atoms with Gasteiger partial charge in [0, 0.05) is 24.8 Å². The maximum absolute atomic E-state index is 12.6. The molecule has 7 nitrogen and oxygen atoms in total. The van der Waals surface area contributed by atoms with E-state index in [1.165, 1.54) is 0 Å². The number of likely N-dealkylation sites (tertiary alicyclic amines) is 1. The van der Waals surface area contributed by atoms with Crippen LogP contribution in [-0.4, -0.2) is 55.2 Å². The molecule has 7 heteroatoms. The third-order valence-corrected chi connectivity index (χ3v) is 4.98. The zero-order valence-electron chi connectivity index (χ0n) is 15.2. The van der Waals surface area contributed by atoms with Crippen LogP contribution in [0.4, 0.5) is 0 Å². The first kappa shape index (κ1) is 18.7. The number of carbonyl (C=O) groups is 2. The van der Waals surface area contributed by atoms with Gasteiger partial charge in [0.05, 0.1) is 12.6 Å². The average Bonchev–Trinajstić information content (AvgIpc) is 3.17. The van der Waals surface area contributed by atoms with Gasteiger partial charge in [-0.3, -0.25) is 25.3 Å². The quantitative estimate of drug-likeness (QED) is 0.777. The van der Waals surface area contributed by atoms with Crippen LogP contribution in [0, 0.1) is 0 Å². The third kappa shape index (κ3) is 4.53. The smallest absolute Gasteiger partial charge is 0.269 e. The van der Waals surface area contributed by atoms with Crippen molar-refractivity contribution in [2.45, 2.75) is 44.7 Å². The van der Waals surface area contributed by atoms with Gasteiger partial charge >= 0.3 is 0 Å². The molecule has 0 aromatic heterocycles. The van der Waals surface area contributed by atoms with Crippen molar-refractivity contribution < 1.29 is 19.1 Å². The molecule has 2 aliphatic heterocycles. The van der Waals surface area contributed by atoms with Gasteiger partial charge in [-0.05, 0) is 63.4 Å². The minimum Gasteiger partial charge on any atom is -0.494 e. The first-order valence-corrected chi connectivity index (χ1v) is 9.35. The second kappa shape index (κ2) is 9.00. The number of amides is 2. The molecule has 0 unspecified atom stereocenters. The molecule has 3 rings (SSSR count). The summed E-state index contributed by atoms with van der Waals surface area (Å²) in [6.07, 6.45) is 3.75. The Bertz CT molecular complexity index is 614. The fraction of sp³-hybridized carbons (Fsp3) is 0.579. The van der Waals surface area contributed by atoms with Crippen LogP contribution >= 0.6 is 0 Å². The number of hydrogen-bond donors (Lipinski definition) is 2. The molecule has 2 amide bonds. The number of hydrogen-bond acceptors (Lipinski definition) is 5. The number of carbonyl (C=O) groups excluding carboxylic acids is 2. The van der Waals surface area contributed by atoms with Crippen molar-refractivity contribution in [2.24, 2.45) is 0 Å². The molecule has 2 saturated heterocycles. The van der Waals surface area contributed by atoms with E-state index in [1.807, 2.05) is 6.92 Å². The van der Waals surface area contributed by atoms with Gasteiger partial charge in [-0.1, -0.05) is 0 Å². The highest BCUT2D eigenvalue weighted by molar-refractivity contribution is 5.96. The summed E-state index contributed by atoms with van der Waals surface area (Å²) in [6.45, 7) is 4.92. The third-order valence-electron chi connectivity index (χ3n) is 4.98. The van der Waals surface area contributed by atoms with Gasteiger partial charge in [-0.15, -0.1) is 0 Å². The monoisotopic (exact) mass is 361 g/mol. The molecule has 1 aromatic carbocycles. The molecule has 1 atom stereocenters. The number of nitrogens with one attached hydrogen (secondary N) is 2. The molecule has 0 radical (unpaired) electrons. The van der Waals surface area contributed by atoms with Crippen molar-refractivity contribution in [3.05, 3.63) is 29.8 Å². The Hall–Kier alpha value is -2.12. The molecule has 2 N–H and O–H groups in total. The Morgan fingerprint density at radius 3 is 2.58 bits per heavy atom. The molecule has 0 saturated carbocycles. The van der Waals surface area contributed by atoms with Gasteiger partial charge in [0.2, 0.25) is 0 Å². The lowest BCUT2D eigenvalue weighted by atomic mass is 10.1. The maximum Gasteiger partial charge on any atom is 0.269 e. The van der Waals surface area contributed by atoms with E-state index in [2.05, 4.69) is 15.8 Å². The SMILES string of the molecule is CCOc1ccc(C(=O)NNC(=O)[C@@H]2CCCN2C2CCOCC2)cc1. The molecular weight excluding hydrogens is 334 g/mol. The van der Waals surface area contributed by atoms with Crippen LogP contribution in [0.3, 0.4) is 0 Å². The standard InChI is InChI=1S/C19H27N3O4/c1-2-26-16-7-5-14(6-8-16)18(23)20-21-19(24)17-4-3-11-22(17)15-9-12-25-13-10-15/h5-8,15,17H,2-4,9-13H2,1H3,(H,20,23)(H,21,24)/t17-/m0/s1. The predicted octanol–water partition coefficient (Wildman–Crippen LogP) is 1.49. The zero-order chi connectivity index (χ0) is 18.4. The largest absolute Gasteiger partial charge is 0.494 e. The number of benzene rings is 1. The summed E-state index contributed by atoms with van der Waals surface area (Å²) in [5.74, 6) is 0.233. The van der Waals surface area contributed by atoms with Gasteiger partial charge in [0.1, 0.15) is 5.75 Å². The highest BCUT2D eigenvalue weighted by Crippen LogP contribution is 2.25. The van der Waals surface area contributed by atoms with Gasteiger partial charge in [0.15, 0.2) is 0 Å². The molecule has 26 heavy (non-hydrogen) atoms. The predicted molar refractivity (Wildman–Crippen MR) is 96.8 cm³/mol. The normalized spacial score (nSPS) is 21.3. The Labute approximate surface area is 154 Å². The first-order valence-electron chi connectivity index (χ1n) is 9.35. The van der Waals surface area contributed by atoms with Crippen molar-refractivity contribution in [2.75, 3.05) is 26.4 Å². The van der Waals surface area contributed by atoms with Crippen molar-refractivity contribution in [1.82, 2.24) is 15.8 Å². The van der Waals surface area contributed by atoms with E-state index in [0.717, 1.165) is 45.4 Å². The number of nitrogens with zero attached hydrogens (tertiary/aromatic N) is 1. The number of hydrazine groups is 1. The molecule has 2 fully saturated rings. The lowest BCUT2D eigenvalue weighted by Crippen LogP contribution is -2.53. The molecule has 2 heterocycles. The Balaban J connectivity index is 1.51. The minimum absolute atomic E-state index is 0.145. The van der Waals surface area contributed by atoms with Crippen LogP contribution in [0.25, 0.3) is 0 Å². The number of ether oxygens (including phenoxy) is 2. The first-order chi connectivity index (χ1) is 12.7. The summed E-state index contributed by atoms with van der Waals surface area (Å²) in [5.41, 5.74) is 5.58. The molecule has 0 spiro atoms. The zero-order valence-corrected chi connectivity index (χ0v) is 15.2. The van der Waals surface area contributed by atoms with Gasteiger partial charge in [0.25, 0.3) is 11.8 Å². The molecule has 1 aromatic rings. The van der Waals surface area contributed by atoms with Crippen LogP contribution in [0.1, 0.15) is 43.0 Å². The van der Waals surface area contributed by atoms with E-state index in [0.29, 0.717) is 24.0 Å². The summed E-state index contributed by atoms with van der Waals surface area (Å²) >= 11 is 0. The molecule has 2 aliphatic rings. The van der Waals surface area contributed by atoms with Crippen molar-refractivity contribution in [1.29, 1.82) is 0 Å². The summed E-state index contributed by atoms with van der Waals surface area (Å²) in [5, 5.41) is 0. The highest BCUT2D eigenvalue weighted by Gasteiger charge is 2.36. The maximum atomic E-state index is 12.6. The van der Waals surface area contributed by atoms with E-state index in [4.69, 9.17) is 9.47 Å². The van der Waals surface area contributed by atoms with Crippen LogP contribution in [0.5, 0.6) is 5.75 Å². The second-order valence-corrected chi connectivity index (χ2v) is 6.64. The van der Waals surface area contributed by atoms with Crippen LogP contribution in [0.2, 0.25) is 0 Å². The van der Waals surface area contributed by atoms with Crippen LogP contribution < -0.4 is 15.6 Å². The van der Waals surface area contributed by atoms with E-state index in [9.17, 15) is 9.59 Å². The van der Waals surface area contributed by atoms with Gasteiger partial charge < -0.3 is 9.47 Å². The average molecular weight is 361 g/mol. The Kier molecular flexibility index (Phi) is 6.46. The van der Waals surface area contributed by atoms with E-state index in [-0.39, 0.29) is 17.9 Å². The fourth-order valence-electron chi connectivity index (χ4n) is 3.67. The van der Waals surface area contributed by atoms with Crippen LogP contribution in [0.15, 0.2) is 24.3 Å². The van der Waals surface area contributed by atoms with Crippen molar-refractivity contribution in [3.63, 3.8) is 0 Å². The fourth-order valence-corrected chi connectivity index (χ4v) is 3.67. The van der Waals surface area contributed by atoms with E-state index >= 15 is 0 Å². The van der Waals surface area contributed by atoms with Crippen molar-refractivity contribution >= 4 is 11.8 Å². The van der Waals surface area contributed by atoms with Crippen LogP contribution in [-0.2, 0) is 9.53 Å². The summed E-state index contributed by atoms with van der Waals surface area (Å²) in [6, 6.07) is 7.04. The van der Waals surface area contributed by atoms with E-state index in [1.54, 1.807) is 24.3 Å². The molecule has 0 aliphatic carbocycles. The summed E-state index contributed by atoms with van der Waals surface area (Å²) < 4.78 is 10.8. The number of rotatable bonds is 5. The highest BCUT2D eigenvalue weighted by atomic mass is 16.5. The van der Waals surface area contributed by atoms with E-state index < -0.39 is 0 Å². The lowest BCUT2D eigenvalue weighted by molar-refractivity contribution is -0.127. The van der Waals surface area contributed by atoms with Crippen molar-refractivity contribution in [3.8, 4) is 5.75 Å². The van der Waals surface area contributed by atoms with Gasteiger partial charge in [-0.25, -0.2) is 0 Å². The Morgan fingerprint density at radius 2 is 1.88 bits per heavy atom. The molecular formula is C19H27N3O4. The van der Waals surface area contributed by atoms with Gasteiger partial charge in [-0.2, -0.15) is 0 Å². The summed E-state index contributed by atoms with van der Waals surface area (Å²) in [7, 11) is 0. The second-order valence-electron chi connectivity index (χ2n) is 6.64. The Morgan fingerprint density at radius 1 is 1.15 bits per heavy atom. The molecule has 0 bridgehead atoms. The lowest BCUT2D eigenvalue weighted by Gasteiger charge is -2.34.